The van der Waals surface area contributed by atoms with Gasteiger partial charge in [0, 0.05) is 23.3 Å². The van der Waals surface area contributed by atoms with E-state index in [1.54, 1.807) is 0 Å². The van der Waals surface area contributed by atoms with E-state index in [0.29, 0.717) is 11.4 Å². The molecule has 0 amide bonds. The van der Waals surface area contributed by atoms with E-state index in [-0.39, 0.29) is 0 Å². The maximum Gasteiger partial charge on any atom is 0.0669 e. The van der Waals surface area contributed by atoms with Crippen LogP contribution in [0.3, 0.4) is 0 Å². The van der Waals surface area contributed by atoms with E-state index in [9.17, 15) is 0 Å². The van der Waals surface area contributed by atoms with Gasteiger partial charge < -0.3 is 10.1 Å². The van der Waals surface area contributed by atoms with Crippen molar-refractivity contribution in [1.82, 2.24) is 5.32 Å². The van der Waals surface area contributed by atoms with Crippen LogP contribution in [0.5, 0.6) is 0 Å². The molecular formula is C15H22ClNOS. The molecule has 0 saturated carbocycles. The van der Waals surface area contributed by atoms with Gasteiger partial charge >= 0.3 is 0 Å². The summed E-state index contributed by atoms with van der Waals surface area (Å²) in [4.78, 5) is 1.17. The SMILES string of the molecule is CCCNCc1ccc(SC2CCOC2C)c(Cl)c1. The maximum absolute atomic E-state index is 6.38. The van der Waals surface area contributed by atoms with Gasteiger partial charge in [0.25, 0.3) is 0 Å². The highest BCUT2D eigenvalue weighted by Crippen LogP contribution is 2.36. The topological polar surface area (TPSA) is 21.3 Å². The zero-order valence-electron chi connectivity index (χ0n) is 11.6. The number of nitrogens with one attached hydrogen (secondary N) is 1. The van der Waals surface area contributed by atoms with Gasteiger partial charge in [-0.25, -0.2) is 0 Å². The molecule has 2 unspecified atom stereocenters. The molecule has 2 atom stereocenters. The van der Waals surface area contributed by atoms with Crippen LogP contribution in [0, 0.1) is 0 Å². The van der Waals surface area contributed by atoms with E-state index in [1.165, 1.54) is 10.5 Å². The number of rotatable bonds is 6. The highest BCUT2D eigenvalue weighted by Gasteiger charge is 2.25. The van der Waals surface area contributed by atoms with E-state index >= 15 is 0 Å². The van der Waals surface area contributed by atoms with Crippen molar-refractivity contribution in [3.8, 4) is 0 Å². The molecule has 1 aromatic rings. The van der Waals surface area contributed by atoms with Crippen molar-refractivity contribution in [2.24, 2.45) is 0 Å². The van der Waals surface area contributed by atoms with Crippen LogP contribution < -0.4 is 5.32 Å². The fourth-order valence-corrected chi connectivity index (χ4v) is 3.65. The third kappa shape index (κ3) is 4.38. The number of thioether (sulfide) groups is 1. The van der Waals surface area contributed by atoms with Gasteiger partial charge in [-0.3, -0.25) is 0 Å². The zero-order valence-corrected chi connectivity index (χ0v) is 13.2. The van der Waals surface area contributed by atoms with E-state index in [2.05, 4.69) is 37.4 Å². The Morgan fingerprint density at radius 1 is 1.47 bits per heavy atom. The van der Waals surface area contributed by atoms with Gasteiger partial charge in [0.05, 0.1) is 11.1 Å². The smallest absolute Gasteiger partial charge is 0.0669 e. The summed E-state index contributed by atoms with van der Waals surface area (Å²) in [7, 11) is 0. The van der Waals surface area contributed by atoms with Crippen molar-refractivity contribution < 1.29 is 4.74 Å². The minimum absolute atomic E-state index is 0.326. The van der Waals surface area contributed by atoms with Crippen LogP contribution in [-0.4, -0.2) is 24.5 Å². The standard InChI is InChI=1S/C15H22ClNOS/c1-3-7-17-10-12-4-5-15(13(16)9-12)19-14-6-8-18-11(14)2/h4-5,9,11,14,17H,3,6-8,10H2,1-2H3. The minimum atomic E-state index is 0.326. The van der Waals surface area contributed by atoms with E-state index in [1.807, 2.05) is 11.8 Å². The quantitative estimate of drug-likeness (QED) is 0.799. The molecule has 2 rings (SSSR count). The van der Waals surface area contributed by atoms with Crippen LogP contribution in [-0.2, 0) is 11.3 Å². The Morgan fingerprint density at radius 2 is 2.32 bits per heavy atom. The van der Waals surface area contributed by atoms with Crippen LogP contribution in [0.4, 0.5) is 0 Å². The molecular weight excluding hydrogens is 278 g/mol. The molecule has 1 fully saturated rings. The Bertz CT molecular complexity index is 413. The molecule has 0 aliphatic carbocycles. The van der Waals surface area contributed by atoms with Crippen LogP contribution in [0.2, 0.25) is 5.02 Å². The molecule has 0 bridgehead atoms. The Hall–Kier alpha value is -0.220. The summed E-state index contributed by atoms with van der Waals surface area (Å²) in [6, 6.07) is 6.38. The summed E-state index contributed by atoms with van der Waals surface area (Å²) in [5, 5.41) is 4.78. The van der Waals surface area contributed by atoms with Gasteiger partial charge in [-0.1, -0.05) is 24.6 Å². The number of halogens is 1. The van der Waals surface area contributed by atoms with Crippen LogP contribution in [0.25, 0.3) is 0 Å². The Morgan fingerprint density at radius 3 is 2.95 bits per heavy atom. The first-order valence-corrected chi connectivity index (χ1v) is 8.24. The van der Waals surface area contributed by atoms with Gasteiger partial charge in [0.2, 0.25) is 0 Å². The first kappa shape index (κ1) is 15.2. The Balaban J connectivity index is 1.94. The summed E-state index contributed by atoms with van der Waals surface area (Å²) >= 11 is 8.22. The van der Waals surface area contributed by atoms with Crippen molar-refractivity contribution in [2.45, 2.75) is 49.5 Å². The average Bonchev–Trinajstić information content (AvgIpc) is 2.79. The van der Waals surface area contributed by atoms with Crippen molar-refractivity contribution in [2.75, 3.05) is 13.2 Å². The molecule has 2 nitrogen and oxygen atoms in total. The fraction of sp³-hybridized carbons (Fsp3) is 0.600. The molecule has 1 N–H and O–H groups in total. The summed E-state index contributed by atoms with van der Waals surface area (Å²) in [6.07, 6.45) is 2.59. The van der Waals surface area contributed by atoms with E-state index in [0.717, 1.165) is 37.6 Å². The van der Waals surface area contributed by atoms with Crippen LogP contribution in [0.15, 0.2) is 23.1 Å². The number of hydrogen-bond acceptors (Lipinski definition) is 3. The van der Waals surface area contributed by atoms with E-state index < -0.39 is 0 Å². The summed E-state index contributed by atoms with van der Waals surface area (Å²) in [5.41, 5.74) is 1.25. The van der Waals surface area contributed by atoms with Gasteiger partial charge in [0.1, 0.15) is 0 Å². The molecule has 1 heterocycles. The molecule has 4 heteroatoms. The van der Waals surface area contributed by atoms with Crippen LogP contribution >= 0.6 is 23.4 Å². The number of ether oxygens (including phenoxy) is 1. The molecule has 0 radical (unpaired) electrons. The third-order valence-electron chi connectivity index (χ3n) is 3.34. The summed E-state index contributed by atoms with van der Waals surface area (Å²) in [5.74, 6) is 0. The molecule has 0 aromatic heterocycles. The normalized spacial score (nSPS) is 22.9. The monoisotopic (exact) mass is 299 g/mol. The highest BCUT2D eigenvalue weighted by atomic mass is 35.5. The first-order valence-electron chi connectivity index (χ1n) is 6.98. The lowest BCUT2D eigenvalue weighted by molar-refractivity contribution is 0.127. The van der Waals surface area contributed by atoms with Crippen molar-refractivity contribution in [1.29, 1.82) is 0 Å². The second-order valence-electron chi connectivity index (χ2n) is 4.96. The maximum atomic E-state index is 6.38. The number of hydrogen-bond donors (Lipinski definition) is 1. The Labute approximate surface area is 125 Å². The average molecular weight is 300 g/mol. The molecule has 1 aliphatic heterocycles. The molecule has 0 spiro atoms. The lowest BCUT2D eigenvalue weighted by Gasteiger charge is -2.15. The second-order valence-corrected chi connectivity index (χ2v) is 6.65. The van der Waals surface area contributed by atoms with Gasteiger partial charge in [-0.2, -0.15) is 0 Å². The Kier molecular flexibility index (Phi) is 6.02. The fourth-order valence-electron chi connectivity index (χ4n) is 2.19. The van der Waals surface area contributed by atoms with Crippen molar-refractivity contribution >= 4 is 23.4 Å². The summed E-state index contributed by atoms with van der Waals surface area (Å²) in [6.45, 7) is 7.12. The molecule has 106 valence electrons. The van der Waals surface area contributed by atoms with Gasteiger partial charge in [-0.05, 0) is 44.0 Å². The number of benzene rings is 1. The predicted molar refractivity (Wildman–Crippen MR) is 83.1 cm³/mol. The van der Waals surface area contributed by atoms with E-state index in [4.69, 9.17) is 16.3 Å². The minimum Gasteiger partial charge on any atom is -0.377 e. The zero-order chi connectivity index (χ0) is 13.7. The first-order chi connectivity index (χ1) is 9.20. The van der Waals surface area contributed by atoms with Crippen LogP contribution in [0.1, 0.15) is 32.3 Å². The second kappa shape index (κ2) is 7.53. The summed E-state index contributed by atoms with van der Waals surface area (Å²) < 4.78 is 5.59. The molecule has 1 aliphatic rings. The molecule has 19 heavy (non-hydrogen) atoms. The van der Waals surface area contributed by atoms with Crippen molar-refractivity contribution in [3.05, 3.63) is 28.8 Å². The predicted octanol–water partition coefficient (Wildman–Crippen LogP) is 4.11. The van der Waals surface area contributed by atoms with Gasteiger partial charge in [0.15, 0.2) is 0 Å². The lowest BCUT2D eigenvalue weighted by Crippen LogP contribution is -2.14. The lowest BCUT2D eigenvalue weighted by atomic mass is 10.2. The largest absolute Gasteiger partial charge is 0.377 e. The van der Waals surface area contributed by atoms with Crippen molar-refractivity contribution in [3.63, 3.8) is 0 Å². The van der Waals surface area contributed by atoms with Gasteiger partial charge in [-0.15, -0.1) is 11.8 Å². The molecule has 1 saturated heterocycles. The third-order valence-corrected chi connectivity index (χ3v) is 5.29. The highest BCUT2D eigenvalue weighted by molar-refractivity contribution is 8.00. The molecule has 1 aromatic carbocycles.